The molecule has 0 saturated carbocycles. The second-order valence-electron chi connectivity index (χ2n) is 4.44. The Balaban J connectivity index is 2.03. The molecule has 0 aliphatic carbocycles. The number of aliphatic hydroxyl groups is 1. The summed E-state index contributed by atoms with van der Waals surface area (Å²) >= 11 is 11.5. The molecule has 0 bridgehead atoms. The number of piperazine rings is 1. The van der Waals surface area contributed by atoms with Gasteiger partial charge in [0.25, 0.3) is 0 Å². The highest BCUT2D eigenvalue weighted by Gasteiger charge is 2.20. The minimum atomic E-state index is -0.0721. The number of hydrogen-bond donors (Lipinski definition) is 1. The molecule has 0 unspecified atom stereocenters. The first-order valence-electron chi connectivity index (χ1n) is 6.13. The molecule has 1 N–H and O–H groups in total. The average Bonchev–Trinajstić information content (AvgIpc) is 2.47. The molecule has 1 fully saturated rings. The van der Waals surface area contributed by atoms with Crippen LogP contribution in [-0.2, 0) is 11.4 Å². The molecule has 0 aromatic heterocycles. The lowest BCUT2D eigenvalue weighted by molar-refractivity contribution is -0.128. The van der Waals surface area contributed by atoms with Gasteiger partial charge in [0.15, 0.2) is 0 Å². The van der Waals surface area contributed by atoms with Crippen LogP contribution in [0.25, 0.3) is 0 Å². The number of halogens is 2. The molecule has 1 aromatic rings. The fraction of sp³-hybridized carbons (Fsp3) is 0.462. The molecule has 4 nitrogen and oxygen atoms in total. The fourth-order valence-electron chi connectivity index (χ4n) is 2.18. The van der Waals surface area contributed by atoms with E-state index in [1.54, 1.807) is 11.0 Å². The second kappa shape index (κ2) is 6.46. The highest BCUT2D eigenvalue weighted by atomic mass is 35.5. The highest BCUT2D eigenvalue weighted by Crippen LogP contribution is 2.24. The zero-order chi connectivity index (χ0) is 13.8. The van der Waals surface area contributed by atoms with Gasteiger partial charge in [0.05, 0.1) is 6.61 Å². The van der Waals surface area contributed by atoms with Crippen molar-refractivity contribution < 1.29 is 9.90 Å². The molecule has 0 atom stereocenters. The minimum absolute atomic E-state index is 0.0199. The monoisotopic (exact) mass is 302 g/mol. The average molecular weight is 303 g/mol. The third kappa shape index (κ3) is 3.32. The van der Waals surface area contributed by atoms with Crippen LogP contribution >= 0.6 is 23.2 Å². The molecule has 0 radical (unpaired) electrons. The zero-order valence-corrected chi connectivity index (χ0v) is 12.0. The Hall–Kier alpha value is -0.970. The van der Waals surface area contributed by atoms with Crippen LogP contribution in [0.5, 0.6) is 0 Å². The summed E-state index contributed by atoms with van der Waals surface area (Å²) in [5, 5.41) is 9.79. The molecule has 104 valence electrons. The van der Waals surface area contributed by atoms with Crippen LogP contribution < -0.4 is 4.90 Å². The van der Waals surface area contributed by atoms with Crippen molar-refractivity contribution in [1.29, 1.82) is 0 Å². The third-order valence-electron chi connectivity index (χ3n) is 3.31. The number of carbonyl (C=O) groups excluding carboxylic acids is 1. The molecule has 1 saturated heterocycles. The van der Waals surface area contributed by atoms with Crippen molar-refractivity contribution in [2.24, 2.45) is 0 Å². The Morgan fingerprint density at radius 3 is 2.53 bits per heavy atom. The van der Waals surface area contributed by atoms with Crippen LogP contribution in [0.2, 0.25) is 5.02 Å². The van der Waals surface area contributed by atoms with E-state index in [1.807, 2.05) is 12.1 Å². The number of carbonyl (C=O) groups is 1. The van der Waals surface area contributed by atoms with E-state index in [-0.39, 0.29) is 18.4 Å². The summed E-state index contributed by atoms with van der Waals surface area (Å²) in [6.45, 7) is 2.78. The molecule has 1 aromatic carbocycles. The zero-order valence-electron chi connectivity index (χ0n) is 10.5. The van der Waals surface area contributed by atoms with Gasteiger partial charge in [-0.2, -0.15) is 0 Å². The van der Waals surface area contributed by atoms with Gasteiger partial charge in [-0.3, -0.25) is 4.79 Å². The quantitative estimate of drug-likeness (QED) is 0.865. The molecule has 19 heavy (non-hydrogen) atoms. The SMILES string of the molecule is O=C(CCl)N1CCN(c2ccc(Cl)c(CO)c2)CC1. The summed E-state index contributed by atoms with van der Waals surface area (Å²) in [6.07, 6.45) is 0. The van der Waals surface area contributed by atoms with Crippen LogP contribution in [0, 0.1) is 0 Å². The minimum Gasteiger partial charge on any atom is -0.392 e. The van der Waals surface area contributed by atoms with Gasteiger partial charge in [-0.15, -0.1) is 11.6 Å². The van der Waals surface area contributed by atoms with Crippen LogP contribution in [0.4, 0.5) is 5.69 Å². The smallest absolute Gasteiger partial charge is 0.237 e. The largest absolute Gasteiger partial charge is 0.392 e. The number of benzene rings is 1. The number of alkyl halides is 1. The second-order valence-corrected chi connectivity index (χ2v) is 5.11. The molecule has 2 rings (SSSR count). The number of rotatable bonds is 3. The van der Waals surface area contributed by atoms with E-state index in [9.17, 15) is 9.90 Å². The van der Waals surface area contributed by atoms with Crippen molar-refractivity contribution in [3.05, 3.63) is 28.8 Å². The van der Waals surface area contributed by atoms with E-state index in [0.717, 1.165) is 24.3 Å². The summed E-state index contributed by atoms with van der Waals surface area (Å²) in [6, 6.07) is 5.61. The number of nitrogens with zero attached hydrogens (tertiary/aromatic N) is 2. The maximum Gasteiger partial charge on any atom is 0.237 e. The normalized spacial score (nSPS) is 15.7. The van der Waals surface area contributed by atoms with E-state index in [2.05, 4.69) is 4.90 Å². The van der Waals surface area contributed by atoms with Crippen molar-refractivity contribution >= 4 is 34.8 Å². The van der Waals surface area contributed by atoms with Gasteiger partial charge < -0.3 is 14.9 Å². The van der Waals surface area contributed by atoms with Gasteiger partial charge in [-0.1, -0.05) is 11.6 Å². The highest BCUT2D eigenvalue weighted by molar-refractivity contribution is 6.31. The van der Waals surface area contributed by atoms with Crippen LogP contribution in [0.15, 0.2) is 18.2 Å². The first kappa shape index (κ1) is 14.4. The van der Waals surface area contributed by atoms with Crippen molar-refractivity contribution in [3.8, 4) is 0 Å². The summed E-state index contributed by atoms with van der Waals surface area (Å²) in [5.74, 6) is 0.0174. The Bertz CT molecular complexity index is 460. The maximum atomic E-state index is 11.5. The number of hydrogen-bond acceptors (Lipinski definition) is 3. The lowest BCUT2D eigenvalue weighted by Gasteiger charge is -2.36. The summed E-state index contributed by atoms with van der Waals surface area (Å²) in [4.78, 5) is 15.4. The summed E-state index contributed by atoms with van der Waals surface area (Å²) < 4.78 is 0. The van der Waals surface area contributed by atoms with Crippen LogP contribution in [0.1, 0.15) is 5.56 Å². The van der Waals surface area contributed by atoms with Crippen molar-refractivity contribution in [2.75, 3.05) is 37.0 Å². The van der Waals surface area contributed by atoms with E-state index in [4.69, 9.17) is 23.2 Å². The van der Waals surface area contributed by atoms with Crippen LogP contribution in [0.3, 0.4) is 0 Å². The molecule has 1 aliphatic heterocycles. The molecule has 1 heterocycles. The molecular weight excluding hydrogens is 287 g/mol. The van der Waals surface area contributed by atoms with E-state index >= 15 is 0 Å². The summed E-state index contributed by atoms with van der Waals surface area (Å²) in [5.41, 5.74) is 1.74. The number of amides is 1. The topological polar surface area (TPSA) is 43.8 Å². The third-order valence-corrected chi connectivity index (χ3v) is 3.91. The molecule has 6 heteroatoms. The predicted molar refractivity (Wildman–Crippen MR) is 76.9 cm³/mol. The molecule has 1 aliphatic rings. The molecule has 1 amide bonds. The van der Waals surface area contributed by atoms with Gasteiger partial charge in [-0.05, 0) is 23.8 Å². The van der Waals surface area contributed by atoms with Gasteiger partial charge >= 0.3 is 0 Å². The maximum absolute atomic E-state index is 11.5. The van der Waals surface area contributed by atoms with Crippen molar-refractivity contribution in [3.63, 3.8) is 0 Å². The Kier molecular flexibility index (Phi) is 4.91. The number of anilines is 1. The number of aliphatic hydroxyl groups excluding tert-OH is 1. The standard InChI is InChI=1S/C13H16Cl2N2O2/c14-8-13(19)17-5-3-16(4-6-17)11-1-2-12(15)10(7-11)9-18/h1-2,7,18H,3-6,8-9H2. The predicted octanol–water partition coefficient (Wildman–Crippen LogP) is 1.72. The van der Waals surface area contributed by atoms with E-state index < -0.39 is 0 Å². The van der Waals surface area contributed by atoms with Gasteiger partial charge in [0.1, 0.15) is 5.88 Å². The van der Waals surface area contributed by atoms with E-state index in [0.29, 0.717) is 18.1 Å². The van der Waals surface area contributed by atoms with Crippen LogP contribution in [-0.4, -0.2) is 48.0 Å². The Morgan fingerprint density at radius 1 is 1.26 bits per heavy atom. The summed E-state index contributed by atoms with van der Waals surface area (Å²) in [7, 11) is 0. The van der Waals surface area contributed by atoms with Crippen molar-refractivity contribution in [1.82, 2.24) is 4.90 Å². The lowest BCUT2D eigenvalue weighted by Crippen LogP contribution is -2.49. The Labute approximate surface area is 122 Å². The molecule has 0 spiro atoms. The Morgan fingerprint density at radius 2 is 1.95 bits per heavy atom. The lowest BCUT2D eigenvalue weighted by atomic mass is 10.1. The first-order chi connectivity index (χ1) is 9.15. The first-order valence-corrected chi connectivity index (χ1v) is 7.05. The van der Waals surface area contributed by atoms with Crippen molar-refractivity contribution in [2.45, 2.75) is 6.61 Å². The van der Waals surface area contributed by atoms with E-state index in [1.165, 1.54) is 0 Å². The molecular formula is C13H16Cl2N2O2. The van der Waals surface area contributed by atoms with Gasteiger partial charge in [0.2, 0.25) is 5.91 Å². The van der Waals surface area contributed by atoms with Gasteiger partial charge in [0, 0.05) is 36.9 Å². The fourth-order valence-corrected chi connectivity index (χ4v) is 2.52. The van der Waals surface area contributed by atoms with Gasteiger partial charge in [-0.25, -0.2) is 0 Å².